The van der Waals surface area contributed by atoms with Crippen LogP contribution in [0.25, 0.3) is 0 Å². The van der Waals surface area contributed by atoms with Crippen LogP contribution in [0, 0.1) is 17.8 Å². The van der Waals surface area contributed by atoms with E-state index < -0.39 is 21.4 Å². The maximum Gasteiger partial charge on any atom is 0.251 e. The zero-order valence-electron chi connectivity index (χ0n) is 17.1. The van der Waals surface area contributed by atoms with Crippen LogP contribution in [0.3, 0.4) is 0 Å². The maximum atomic E-state index is 12.8. The number of amides is 1. The van der Waals surface area contributed by atoms with Gasteiger partial charge < -0.3 is 15.2 Å². The lowest BCUT2D eigenvalue weighted by molar-refractivity contribution is -0.136. The molecule has 1 amide bonds. The Morgan fingerprint density at radius 2 is 1.81 bits per heavy atom. The van der Waals surface area contributed by atoms with Crippen molar-refractivity contribution in [3.05, 3.63) is 54.2 Å². The Labute approximate surface area is 181 Å². The Morgan fingerprint density at radius 1 is 1.10 bits per heavy atom. The summed E-state index contributed by atoms with van der Waals surface area (Å²) in [5.41, 5.74) is -0.0146. The number of ether oxygens (including phenoxy) is 1. The number of pyridine rings is 1. The molecule has 1 heterocycles. The largest absolute Gasteiger partial charge is 0.477 e. The van der Waals surface area contributed by atoms with Gasteiger partial charge in [-0.25, -0.2) is 13.4 Å². The van der Waals surface area contributed by atoms with Gasteiger partial charge in [-0.1, -0.05) is 6.07 Å². The van der Waals surface area contributed by atoms with Crippen molar-refractivity contribution in [2.24, 2.45) is 17.8 Å². The predicted octanol–water partition coefficient (Wildman–Crippen LogP) is 2.56. The van der Waals surface area contributed by atoms with Gasteiger partial charge in [0.25, 0.3) is 5.91 Å². The lowest BCUT2D eigenvalue weighted by Crippen LogP contribution is -2.61. The Balaban J connectivity index is 1.20. The second-order valence-electron chi connectivity index (χ2n) is 9.26. The molecule has 4 aliphatic carbocycles. The number of carbonyl (C=O) groups is 1. The van der Waals surface area contributed by atoms with Crippen molar-refractivity contribution in [3.63, 3.8) is 0 Å². The summed E-state index contributed by atoms with van der Waals surface area (Å²) in [5.74, 6) is 0.990. The van der Waals surface area contributed by atoms with Crippen molar-refractivity contribution < 1.29 is 23.1 Å². The molecule has 2 N–H and O–H groups in total. The molecule has 2 unspecified atom stereocenters. The normalized spacial score (nSPS) is 31.4. The molecule has 4 bridgehead atoms. The lowest BCUT2D eigenvalue weighted by atomic mass is 9.52. The average Bonchev–Trinajstić information content (AvgIpc) is 2.74. The Morgan fingerprint density at radius 3 is 2.42 bits per heavy atom. The number of sulfone groups is 1. The van der Waals surface area contributed by atoms with Crippen LogP contribution in [-0.2, 0) is 9.84 Å². The minimum absolute atomic E-state index is 0.0358. The fraction of sp³-hybridized carbons (Fsp3) is 0.478. The van der Waals surface area contributed by atoms with Gasteiger partial charge in [0.15, 0.2) is 11.0 Å². The van der Waals surface area contributed by atoms with Crippen molar-refractivity contribution in [1.29, 1.82) is 0 Å². The van der Waals surface area contributed by atoms with Crippen LogP contribution in [0.15, 0.2) is 53.7 Å². The van der Waals surface area contributed by atoms with Gasteiger partial charge in [-0.05, 0) is 86.3 Å². The Bertz CT molecular complexity index is 1050. The second kappa shape index (κ2) is 7.60. The van der Waals surface area contributed by atoms with E-state index in [1.165, 1.54) is 12.3 Å². The average molecular weight is 443 g/mol. The first kappa shape index (κ1) is 20.5. The van der Waals surface area contributed by atoms with Gasteiger partial charge in [-0.3, -0.25) is 4.79 Å². The number of carbonyl (C=O) groups excluding carboxylic acids is 1. The third-order valence-corrected chi connectivity index (χ3v) is 8.30. The van der Waals surface area contributed by atoms with Crippen LogP contribution in [-0.4, -0.2) is 42.0 Å². The molecule has 8 heteroatoms. The predicted molar refractivity (Wildman–Crippen MR) is 113 cm³/mol. The lowest BCUT2D eigenvalue weighted by Gasteiger charge is -2.58. The topological polar surface area (TPSA) is 106 Å². The summed E-state index contributed by atoms with van der Waals surface area (Å²) in [4.78, 5) is 16.7. The van der Waals surface area contributed by atoms with Crippen molar-refractivity contribution in [3.8, 4) is 5.75 Å². The summed E-state index contributed by atoms with van der Waals surface area (Å²) < 4.78 is 30.0. The standard InChI is InChI=1S/C23H26N2O5S/c26-22(25-21-17-9-15-10-18(21)13-23(27,11-15)12-17)16-4-6-19(7-5-16)30-14-31(28,29)20-3-1-2-8-24-20/h1-8,15,17-18,21,27H,9-14H2,(H,25,26). The van der Waals surface area contributed by atoms with Gasteiger partial charge >= 0.3 is 0 Å². The number of nitrogens with zero attached hydrogens (tertiary/aromatic N) is 1. The highest BCUT2D eigenvalue weighted by atomic mass is 32.2. The third-order valence-electron chi connectivity index (χ3n) is 6.99. The van der Waals surface area contributed by atoms with Crippen LogP contribution < -0.4 is 10.1 Å². The van der Waals surface area contributed by atoms with E-state index in [4.69, 9.17) is 4.74 Å². The summed E-state index contributed by atoms with van der Waals surface area (Å²) in [7, 11) is -3.65. The molecule has 4 saturated carbocycles. The van der Waals surface area contributed by atoms with Crippen molar-refractivity contribution >= 4 is 15.7 Å². The number of nitrogens with one attached hydrogen (secondary N) is 1. The second-order valence-corrected chi connectivity index (χ2v) is 11.1. The van der Waals surface area contributed by atoms with Gasteiger partial charge in [0.1, 0.15) is 5.75 Å². The van der Waals surface area contributed by atoms with E-state index in [0.717, 1.165) is 32.1 Å². The van der Waals surface area contributed by atoms with Gasteiger partial charge in [0, 0.05) is 17.8 Å². The van der Waals surface area contributed by atoms with E-state index in [9.17, 15) is 18.3 Å². The van der Waals surface area contributed by atoms with E-state index in [2.05, 4.69) is 10.3 Å². The van der Waals surface area contributed by atoms with Crippen LogP contribution >= 0.6 is 0 Å². The number of hydrogen-bond acceptors (Lipinski definition) is 6. The monoisotopic (exact) mass is 442 g/mol. The Hall–Kier alpha value is -2.45. The minimum Gasteiger partial charge on any atom is -0.477 e. The fourth-order valence-corrected chi connectivity index (χ4v) is 6.81. The van der Waals surface area contributed by atoms with Crippen LogP contribution in [0.5, 0.6) is 5.75 Å². The molecule has 0 spiro atoms. The maximum absolute atomic E-state index is 12.8. The summed E-state index contributed by atoms with van der Waals surface area (Å²) in [6.45, 7) is 0. The molecule has 164 valence electrons. The first-order chi connectivity index (χ1) is 14.8. The smallest absolute Gasteiger partial charge is 0.251 e. The summed E-state index contributed by atoms with van der Waals surface area (Å²) in [6.07, 6.45) is 6.07. The molecule has 1 aromatic heterocycles. The van der Waals surface area contributed by atoms with Crippen molar-refractivity contribution in [2.45, 2.75) is 48.8 Å². The summed E-state index contributed by atoms with van der Waals surface area (Å²) in [6, 6.07) is 11.3. The van der Waals surface area contributed by atoms with Crippen molar-refractivity contribution in [2.75, 3.05) is 5.94 Å². The molecule has 2 aromatic rings. The zero-order chi connectivity index (χ0) is 21.6. The molecule has 7 nitrogen and oxygen atoms in total. The number of aromatic nitrogens is 1. The Kier molecular flexibility index (Phi) is 5.01. The number of rotatable bonds is 6. The number of benzene rings is 1. The highest BCUT2D eigenvalue weighted by Gasteiger charge is 2.55. The van der Waals surface area contributed by atoms with E-state index in [-0.39, 0.29) is 17.0 Å². The zero-order valence-corrected chi connectivity index (χ0v) is 17.9. The molecule has 2 atom stereocenters. The quantitative estimate of drug-likeness (QED) is 0.712. The summed E-state index contributed by atoms with van der Waals surface area (Å²) in [5, 5.41) is 13.9. The van der Waals surface area contributed by atoms with Gasteiger partial charge in [0.2, 0.25) is 9.84 Å². The SMILES string of the molecule is O=C(NC1C2CC3CC1CC(O)(C3)C2)c1ccc(OCS(=O)(=O)c2ccccn2)cc1. The van der Waals surface area contributed by atoms with Crippen LogP contribution in [0.1, 0.15) is 42.5 Å². The molecule has 4 aliphatic rings. The molecule has 31 heavy (non-hydrogen) atoms. The number of aliphatic hydroxyl groups is 1. The van der Waals surface area contributed by atoms with E-state index >= 15 is 0 Å². The summed E-state index contributed by atoms with van der Waals surface area (Å²) >= 11 is 0. The molecule has 0 saturated heterocycles. The van der Waals surface area contributed by atoms with Gasteiger partial charge in [-0.2, -0.15) is 0 Å². The first-order valence-corrected chi connectivity index (χ1v) is 12.4. The van der Waals surface area contributed by atoms with E-state index in [1.807, 2.05) is 0 Å². The molecule has 0 aliphatic heterocycles. The van der Waals surface area contributed by atoms with Gasteiger partial charge in [-0.15, -0.1) is 0 Å². The molecule has 0 radical (unpaired) electrons. The first-order valence-electron chi connectivity index (χ1n) is 10.7. The highest BCUT2D eigenvalue weighted by molar-refractivity contribution is 7.91. The van der Waals surface area contributed by atoms with Gasteiger partial charge in [0.05, 0.1) is 5.60 Å². The minimum atomic E-state index is -3.65. The third kappa shape index (κ3) is 4.06. The van der Waals surface area contributed by atoms with Crippen molar-refractivity contribution in [1.82, 2.24) is 10.3 Å². The van der Waals surface area contributed by atoms with Crippen LogP contribution in [0.4, 0.5) is 0 Å². The number of hydrogen-bond donors (Lipinski definition) is 2. The van der Waals surface area contributed by atoms with Crippen LogP contribution in [0.2, 0.25) is 0 Å². The molecular formula is C23H26N2O5S. The molecule has 4 fully saturated rings. The molecule has 6 rings (SSSR count). The highest BCUT2D eigenvalue weighted by Crippen LogP contribution is 2.55. The fourth-order valence-electron chi connectivity index (χ4n) is 5.89. The molecule has 1 aromatic carbocycles. The van der Waals surface area contributed by atoms with E-state index in [1.54, 1.807) is 36.4 Å². The molecular weight excluding hydrogens is 416 g/mol. The van der Waals surface area contributed by atoms with E-state index in [0.29, 0.717) is 29.1 Å².